The monoisotopic (exact) mass is 259 g/mol. The van der Waals surface area contributed by atoms with Crippen molar-refractivity contribution in [3.63, 3.8) is 0 Å². The summed E-state index contributed by atoms with van der Waals surface area (Å²) in [6, 6.07) is 7.99. The first kappa shape index (κ1) is 12.7. The van der Waals surface area contributed by atoms with Gasteiger partial charge in [-0.3, -0.25) is 4.79 Å². The molecule has 0 bridgehead atoms. The number of aliphatic hydroxyl groups is 1. The summed E-state index contributed by atoms with van der Waals surface area (Å²) >= 11 is 0. The van der Waals surface area contributed by atoms with Crippen LogP contribution in [0.4, 0.5) is 0 Å². The van der Waals surface area contributed by atoms with Gasteiger partial charge in [-0.05, 0) is 31.7 Å². The Balaban J connectivity index is 1.72. The van der Waals surface area contributed by atoms with Crippen LogP contribution in [0.3, 0.4) is 0 Å². The Kier molecular flexibility index (Phi) is 3.09. The van der Waals surface area contributed by atoms with Crippen molar-refractivity contribution in [1.29, 1.82) is 0 Å². The maximum absolute atomic E-state index is 12.2. The van der Waals surface area contributed by atoms with Crippen molar-refractivity contribution >= 4 is 5.91 Å². The lowest BCUT2D eigenvalue weighted by atomic mass is 9.84. The summed E-state index contributed by atoms with van der Waals surface area (Å²) < 4.78 is 0. The first-order valence-corrected chi connectivity index (χ1v) is 7.17. The molecule has 1 aliphatic heterocycles. The molecule has 1 aliphatic carbocycles. The SMILES string of the molecule is Cc1ccc([C@]2(O)CCN(C(=O)C3CCC3)C2)cc1. The number of hydrogen-bond donors (Lipinski definition) is 1. The first-order valence-electron chi connectivity index (χ1n) is 7.17. The minimum atomic E-state index is -0.854. The van der Waals surface area contributed by atoms with Gasteiger partial charge in [-0.25, -0.2) is 0 Å². The fourth-order valence-electron chi connectivity index (χ4n) is 2.99. The minimum absolute atomic E-state index is 0.223. The predicted molar refractivity (Wildman–Crippen MR) is 73.6 cm³/mol. The summed E-state index contributed by atoms with van der Waals surface area (Å²) in [7, 11) is 0. The van der Waals surface area contributed by atoms with Crippen molar-refractivity contribution < 1.29 is 9.90 Å². The third-order valence-electron chi connectivity index (χ3n) is 4.60. The molecular weight excluding hydrogens is 238 g/mol. The molecule has 1 atom stereocenters. The van der Waals surface area contributed by atoms with Gasteiger partial charge in [-0.2, -0.15) is 0 Å². The van der Waals surface area contributed by atoms with Crippen molar-refractivity contribution in [3.05, 3.63) is 35.4 Å². The molecule has 2 aliphatic rings. The molecule has 0 unspecified atom stereocenters. The largest absolute Gasteiger partial charge is 0.383 e. The number of aryl methyl sites for hydroxylation is 1. The molecule has 0 aromatic heterocycles. The van der Waals surface area contributed by atoms with Crippen molar-refractivity contribution in [2.24, 2.45) is 5.92 Å². The zero-order valence-electron chi connectivity index (χ0n) is 11.4. The van der Waals surface area contributed by atoms with Gasteiger partial charge in [0.15, 0.2) is 0 Å². The van der Waals surface area contributed by atoms with Crippen LogP contribution in [0, 0.1) is 12.8 Å². The molecule has 1 saturated carbocycles. The smallest absolute Gasteiger partial charge is 0.225 e. The number of benzene rings is 1. The van der Waals surface area contributed by atoms with Crippen molar-refractivity contribution in [1.82, 2.24) is 4.90 Å². The van der Waals surface area contributed by atoms with Crippen molar-refractivity contribution in [2.45, 2.75) is 38.2 Å². The Morgan fingerprint density at radius 2 is 2.00 bits per heavy atom. The summed E-state index contributed by atoms with van der Waals surface area (Å²) in [5.74, 6) is 0.467. The Hall–Kier alpha value is -1.35. The van der Waals surface area contributed by atoms with Crippen molar-refractivity contribution in [2.75, 3.05) is 13.1 Å². The van der Waals surface area contributed by atoms with Gasteiger partial charge < -0.3 is 10.0 Å². The molecular formula is C16H21NO2. The topological polar surface area (TPSA) is 40.5 Å². The quantitative estimate of drug-likeness (QED) is 0.884. The van der Waals surface area contributed by atoms with E-state index in [4.69, 9.17) is 0 Å². The van der Waals surface area contributed by atoms with Gasteiger partial charge in [0.25, 0.3) is 0 Å². The molecule has 1 heterocycles. The zero-order chi connectivity index (χ0) is 13.5. The van der Waals surface area contributed by atoms with Crippen LogP contribution in [0.1, 0.15) is 36.8 Å². The molecule has 3 heteroatoms. The Morgan fingerprint density at radius 1 is 1.32 bits per heavy atom. The number of rotatable bonds is 2. The van der Waals surface area contributed by atoms with Crippen LogP contribution < -0.4 is 0 Å². The molecule has 1 amide bonds. The van der Waals surface area contributed by atoms with Crippen LogP contribution in [-0.4, -0.2) is 29.0 Å². The Morgan fingerprint density at radius 3 is 2.58 bits per heavy atom. The van der Waals surface area contributed by atoms with E-state index in [1.54, 1.807) is 0 Å². The third-order valence-corrected chi connectivity index (χ3v) is 4.60. The summed E-state index contributed by atoms with van der Waals surface area (Å²) in [6.07, 6.45) is 3.87. The van der Waals surface area contributed by atoms with Gasteiger partial charge in [0.2, 0.25) is 5.91 Å². The number of carbonyl (C=O) groups excluding carboxylic acids is 1. The average molecular weight is 259 g/mol. The molecule has 0 spiro atoms. The Bertz CT molecular complexity index is 478. The van der Waals surface area contributed by atoms with E-state index in [9.17, 15) is 9.90 Å². The van der Waals surface area contributed by atoms with E-state index in [1.807, 2.05) is 36.1 Å². The molecule has 1 aromatic rings. The van der Waals surface area contributed by atoms with Crippen LogP contribution in [0.5, 0.6) is 0 Å². The van der Waals surface area contributed by atoms with Gasteiger partial charge in [0.05, 0.1) is 6.54 Å². The maximum atomic E-state index is 12.2. The van der Waals surface area contributed by atoms with Gasteiger partial charge in [0, 0.05) is 12.5 Å². The number of carbonyl (C=O) groups is 1. The Labute approximate surface area is 114 Å². The molecule has 1 aromatic carbocycles. The van der Waals surface area contributed by atoms with Gasteiger partial charge in [0.1, 0.15) is 5.60 Å². The molecule has 2 fully saturated rings. The summed E-state index contributed by atoms with van der Waals surface area (Å²) in [6.45, 7) is 3.17. The van der Waals surface area contributed by atoms with Crippen LogP contribution in [0.2, 0.25) is 0 Å². The van der Waals surface area contributed by atoms with Gasteiger partial charge in [-0.15, -0.1) is 0 Å². The fourth-order valence-corrected chi connectivity index (χ4v) is 2.99. The molecule has 3 rings (SSSR count). The second-order valence-corrected chi connectivity index (χ2v) is 6.04. The average Bonchev–Trinajstić information content (AvgIpc) is 2.72. The van der Waals surface area contributed by atoms with E-state index in [0.29, 0.717) is 19.5 Å². The van der Waals surface area contributed by atoms with Crippen LogP contribution in [-0.2, 0) is 10.4 Å². The summed E-state index contributed by atoms with van der Waals surface area (Å²) in [5, 5.41) is 10.8. The molecule has 1 saturated heterocycles. The van der Waals surface area contributed by atoms with Crippen LogP contribution in [0.25, 0.3) is 0 Å². The van der Waals surface area contributed by atoms with Crippen molar-refractivity contribution in [3.8, 4) is 0 Å². The van der Waals surface area contributed by atoms with E-state index < -0.39 is 5.60 Å². The summed E-state index contributed by atoms with van der Waals surface area (Å²) in [5.41, 5.74) is 1.27. The molecule has 1 N–H and O–H groups in total. The number of amides is 1. The molecule has 3 nitrogen and oxygen atoms in total. The standard InChI is InChI=1S/C16H21NO2/c1-12-5-7-14(8-6-12)16(19)9-10-17(11-16)15(18)13-3-2-4-13/h5-8,13,19H,2-4,9-11H2,1H3/t16-/m0/s1. The minimum Gasteiger partial charge on any atom is -0.383 e. The molecule has 102 valence electrons. The normalized spacial score (nSPS) is 27.4. The van der Waals surface area contributed by atoms with Gasteiger partial charge in [-0.1, -0.05) is 36.2 Å². The lowest BCUT2D eigenvalue weighted by Crippen LogP contribution is -2.39. The number of β-amino-alcohol motifs (C(OH)–C–C–N with tert-alkyl or cyclic N) is 1. The van der Waals surface area contributed by atoms with E-state index in [2.05, 4.69) is 0 Å². The zero-order valence-corrected chi connectivity index (χ0v) is 11.4. The lowest BCUT2D eigenvalue weighted by Gasteiger charge is -2.30. The first-order chi connectivity index (χ1) is 9.08. The maximum Gasteiger partial charge on any atom is 0.225 e. The van der Waals surface area contributed by atoms with E-state index in [0.717, 1.165) is 18.4 Å². The second-order valence-electron chi connectivity index (χ2n) is 6.04. The van der Waals surface area contributed by atoms with E-state index >= 15 is 0 Å². The van der Waals surface area contributed by atoms with Crippen LogP contribution >= 0.6 is 0 Å². The predicted octanol–water partition coefficient (Wildman–Crippen LogP) is 2.22. The molecule has 0 radical (unpaired) electrons. The lowest BCUT2D eigenvalue weighted by molar-refractivity contribution is -0.138. The van der Waals surface area contributed by atoms with E-state index in [1.165, 1.54) is 12.0 Å². The molecule has 19 heavy (non-hydrogen) atoms. The van der Waals surface area contributed by atoms with Gasteiger partial charge >= 0.3 is 0 Å². The number of likely N-dealkylation sites (tertiary alicyclic amines) is 1. The highest BCUT2D eigenvalue weighted by Crippen LogP contribution is 2.35. The highest BCUT2D eigenvalue weighted by Gasteiger charge is 2.41. The fraction of sp³-hybridized carbons (Fsp3) is 0.562. The third kappa shape index (κ3) is 2.27. The number of hydrogen-bond acceptors (Lipinski definition) is 2. The highest BCUT2D eigenvalue weighted by molar-refractivity contribution is 5.80. The number of nitrogens with zero attached hydrogens (tertiary/aromatic N) is 1. The summed E-state index contributed by atoms with van der Waals surface area (Å²) in [4.78, 5) is 14.1. The second kappa shape index (κ2) is 4.64. The van der Waals surface area contributed by atoms with E-state index in [-0.39, 0.29) is 11.8 Å². The van der Waals surface area contributed by atoms with Crippen LogP contribution in [0.15, 0.2) is 24.3 Å². The highest BCUT2D eigenvalue weighted by atomic mass is 16.3.